The first-order chi connectivity index (χ1) is 7.73. The lowest BCUT2D eigenvalue weighted by Crippen LogP contribution is -2.06. The van der Waals surface area contributed by atoms with Crippen LogP contribution in [-0.4, -0.2) is 9.97 Å². The molecule has 2 nitrogen and oxygen atoms in total. The van der Waals surface area contributed by atoms with Crippen molar-refractivity contribution in [3.8, 4) is 0 Å². The van der Waals surface area contributed by atoms with Crippen LogP contribution in [0.1, 0.15) is 5.82 Å². The molecule has 1 aromatic heterocycles. The maximum absolute atomic E-state index is 12.5. The molecule has 9 heteroatoms. The van der Waals surface area contributed by atoms with Gasteiger partial charge >= 0.3 is 6.18 Å². The zero-order chi connectivity index (χ0) is 13.0. The highest BCUT2D eigenvalue weighted by Crippen LogP contribution is 2.43. The smallest absolute Gasteiger partial charge is 0.333 e. The van der Waals surface area contributed by atoms with Crippen molar-refractivity contribution in [3.63, 3.8) is 0 Å². The van der Waals surface area contributed by atoms with Gasteiger partial charge in [-0.15, -0.1) is 0 Å². The number of alkyl halides is 3. The molecule has 1 heterocycles. The third kappa shape index (κ3) is 2.12. The van der Waals surface area contributed by atoms with Gasteiger partial charge in [-0.2, -0.15) is 13.2 Å². The summed E-state index contributed by atoms with van der Waals surface area (Å²) in [4.78, 5) is 5.46. The number of imidazole rings is 1. The molecule has 0 bridgehead atoms. The number of rotatable bonds is 0. The first-order valence-electron chi connectivity index (χ1n) is 4.02. The summed E-state index contributed by atoms with van der Waals surface area (Å²) in [5, 5.41) is -0.143. The average molecular weight is 368 g/mol. The Morgan fingerprint density at radius 1 is 1.06 bits per heavy atom. The van der Waals surface area contributed by atoms with Crippen LogP contribution in [0.15, 0.2) is 4.47 Å². The molecule has 0 saturated heterocycles. The van der Waals surface area contributed by atoms with E-state index in [1.54, 1.807) is 0 Å². The zero-order valence-corrected chi connectivity index (χ0v) is 11.4. The van der Waals surface area contributed by atoms with E-state index in [1.165, 1.54) is 0 Å². The molecule has 1 aromatic carbocycles. The van der Waals surface area contributed by atoms with Crippen molar-refractivity contribution in [2.75, 3.05) is 0 Å². The van der Waals surface area contributed by atoms with E-state index in [1.807, 2.05) is 0 Å². The summed E-state index contributed by atoms with van der Waals surface area (Å²) >= 11 is 20.4. The minimum atomic E-state index is -4.60. The Balaban J connectivity index is 2.86. The molecule has 0 spiro atoms. The fourth-order valence-corrected chi connectivity index (χ4v) is 2.48. The number of hydrogen-bond acceptors (Lipinski definition) is 1. The van der Waals surface area contributed by atoms with Crippen LogP contribution in [0.4, 0.5) is 13.2 Å². The van der Waals surface area contributed by atoms with Crippen LogP contribution < -0.4 is 0 Å². The number of H-pyrrole nitrogens is 1. The molecule has 0 aliphatic rings. The predicted molar refractivity (Wildman–Crippen MR) is 63.8 cm³/mol. The van der Waals surface area contributed by atoms with E-state index in [-0.39, 0.29) is 30.6 Å². The largest absolute Gasteiger partial charge is 0.449 e. The Morgan fingerprint density at radius 2 is 1.65 bits per heavy atom. The van der Waals surface area contributed by atoms with E-state index in [4.69, 9.17) is 34.8 Å². The van der Waals surface area contributed by atoms with Gasteiger partial charge in [-0.3, -0.25) is 0 Å². The van der Waals surface area contributed by atoms with Gasteiger partial charge in [0.1, 0.15) is 5.52 Å². The summed E-state index contributed by atoms with van der Waals surface area (Å²) in [5.74, 6) is -1.16. The number of benzene rings is 1. The van der Waals surface area contributed by atoms with Crippen molar-refractivity contribution in [3.05, 3.63) is 25.4 Å². The predicted octanol–water partition coefficient (Wildman–Crippen LogP) is 5.30. The number of hydrogen-bond donors (Lipinski definition) is 1. The normalized spacial score (nSPS) is 12.4. The van der Waals surface area contributed by atoms with Gasteiger partial charge in [0, 0.05) is 0 Å². The van der Waals surface area contributed by atoms with E-state index < -0.39 is 12.0 Å². The Morgan fingerprint density at radius 3 is 2.18 bits per heavy atom. The summed E-state index contributed by atoms with van der Waals surface area (Å²) < 4.78 is 37.6. The van der Waals surface area contributed by atoms with Crippen LogP contribution in [0.25, 0.3) is 11.0 Å². The third-order valence-corrected chi connectivity index (χ3v) is 4.32. The fourth-order valence-electron chi connectivity index (χ4n) is 1.23. The molecule has 0 unspecified atom stereocenters. The van der Waals surface area contributed by atoms with Crippen molar-refractivity contribution in [2.45, 2.75) is 6.18 Å². The topological polar surface area (TPSA) is 28.7 Å². The van der Waals surface area contributed by atoms with E-state index in [2.05, 4.69) is 25.9 Å². The van der Waals surface area contributed by atoms with E-state index in [0.29, 0.717) is 0 Å². The van der Waals surface area contributed by atoms with Crippen LogP contribution >= 0.6 is 50.7 Å². The Hall–Kier alpha value is -0.170. The van der Waals surface area contributed by atoms with E-state index in [0.717, 1.165) is 0 Å². The molecular formula is C8HBrCl3F3N2. The van der Waals surface area contributed by atoms with Gasteiger partial charge in [-0.1, -0.05) is 34.8 Å². The van der Waals surface area contributed by atoms with Crippen LogP contribution in [0, 0.1) is 0 Å². The lowest BCUT2D eigenvalue weighted by Gasteiger charge is -2.02. The second kappa shape index (κ2) is 4.19. The molecule has 0 fully saturated rings. The molecule has 92 valence electrons. The molecular weight excluding hydrogens is 367 g/mol. The Labute approximate surface area is 116 Å². The molecule has 0 aliphatic carbocycles. The summed E-state index contributed by atoms with van der Waals surface area (Å²) in [5.41, 5.74) is -0.0306. The lowest BCUT2D eigenvalue weighted by molar-refractivity contribution is -0.144. The second-order valence-electron chi connectivity index (χ2n) is 3.06. The van der Waals surface area contributed by atoms with Crippen LogP contribution in [-0.2, 0) is 6.18 Å². The molecule has 1 N–H and O–H groups in total. The summed E-state index contributed by atoms with van der Waals surface area (Å²) in [7, 11) is 0. The Bertz CT molecular complexity index is 563. The summed E-state index contributed by atoms with van der Waals surface area (Å²) in [6.45, 7) is 0. The van der Waals surface area contributed by atoms with Gasteiger partial charge in [-0.25, -0.2) is 4.98 Å². The number of aromatic amines is 1. The first-order valence-corrected chi connectivity index (χ1v) is 5.95. The highest BCUT2D eigenvalue weighted by atomic mass is 79.9. The molecule has 17 heavy (non-hydrogen) atoms. The molecule has 0 saturated carbocycles. The van der Waals surface area contributed by atoms with E-state index >= 15 is 0 Å². The fraction of sp³-hybridized carbons (Fsp3) is 0.125. The number of fused-ring (bicyclic) bond motifs is 1. The maximum atomic E-state index is 12.5. The van der Waals surface area contributed by atoms with Gasteiger partial charge in [-0.05, 0) is 15.9 Å². The van der Waals surface area contributed by atoms with Crippen molar-refractivity contribution >= 4 is 61.8 Å². The quantitative estimate of drug-likeness (QED) is 0.496. The first kappa shape index (κ1) is 13.3. The van der Waals surface area contributed by atoms with Gasteiger partial charge in [0.05, 0.1) is 25.1 Å². The summed E-state index contributed by atoms with van der Waals surface area (Å²) in [6.07, 6.45) is -4.60. The van der Waals surface area contributed by atoms with Crippen molar-refractivity contribution < 1.29 is 13.2 Å². The van der Waals surface area contributed by atoms with Crippen LogP contribution in [0.3, 0.4) is 0 Å². The molecule has 0 aliphatic heterocycles. The van der Waals surface area contributed by atoms with Gasteiger partial charge in [0.25, 0.3) is 0 Å². The van der Waals surface area contributed by atoms with Gasteiger partial charge in [0.2, 0.25) is 5.82 Å². The molecule has 2 aromatic rings. The third-order valence-electron chi connectivity index (χ3n) is 1.98. The minimum absolute atomic E-state index is 0.0292. The van der Waals surface area contributed by atoms with Crippen molar-refractivity contribution in [1.82, 2.24) is 9.97 Å². The standard InChI is InChI=1S/C8HBrCl3F3N2/c9-1-2(10)3(11)4(12)6-5(1)16-7(17-6)8(13,14)15/h(H,16,17). The van der Waals surface area contributed by atoms with Crippen LogP contribution in [0.2, 0.25) is 15.1 Å². The average Bonchev–Trinajstić information content (AvgIpc) is 2.67. The molecule has 0 radical (unpaired) electrons. The number of aromatic nitrogens is 2. The number of nitrogens with zero attached hydrogens (tertiary/aromatic N) is 1. The zero-order valence-electron chi connectivity index (χ0n) is 7.59. The highest BCUT2D eigenvalue weighted by molar-refractivity contribution is 9.10. The maximum Gasteiger partial charge on any atom is 0.449 e. The second-order valence-corrected chi connectivity index (χ2v) is 4.99. The van der Waals surface area contributed by atoms with E-state index in [9.17, 15) is 13.2 Å². The molecule has 0 atom stereocenters. The number of halogens is 7. The summed E-state index contributed by atoms with van der Waals surface area (Å²) in [6, 6.07) is 0. The lowest BCUT2D eigenvalue weighted by atomic mass is 10.3. The molecule has 0 amide bonds. The van der Waals surface area contributed by atoms with Gasteiger partial charge < -0.3 is 4.98 Å². The Kier molecular flexibility index (Phi) is 3.27. The van der Waals surface area contributed by atoms with Crippen molar-refractivity contribution in [1.29, 1.82) is 0 Å². The monoisotopic (exact) mass is 366 g/mol. The SMILES string of the molecule is FC(F)(F)c1nc2c(Cl)c(Cl)c(Cl)c(Br)c2[nH]1. The number of nitrogens with one attached hydrogen (secondary N) is 1. The minimum Gasteiger partial charge on any atom is -0.333 e. The molecule has 2 rings (SSSR count). The van der Waals surface area contributed by atoms with Crippen molar-refractivity contribution in [2.24, 2.45) is 0 Å². The van der Waals surface area contributed by atoms with Gasteiger partial charge in [0.15, 0.2) is 0 Å². The highest BCUT2D eigenvalue weighted by Gasteiger charge is 2.35. The van der Waals surface area contributed by atoms with Crippen LogP contribution in [0.5, 0.6) is 0 Å².